The molecule has 18 heteroatoms. The second kappa shape index (κ2) is 19.0. The molecule has 10 rings (SSSR count). The number of phenols is 1. The van der Waals surface area contributed by atoms with Gasteiger partial charge in [-0.15, -0.1) is 11.8 Å². The molecule has 2 fully saturated rings. The molecule has 17 nitrogen and oxygen atoms in total. The Morgan fingerprint density at radius 1 is 0.957 bits per heavy atom. The third-order valence-electron chi connectivity index (χ3n) is 14.4. The van der Waals surface area contributed by atoms with Crippen molar-refractivity contribution < 1.29 is 62.2 Å². The summed E-state index contributed by atoms with van der Waals surface area (Å²) >= 11 is 1.35. The second-order valence-corrected chi connectivity index (χ2v) is 21.1. The van der Waals surface area contributed by atoms with E-state index in [0.717, 1.165) is 36.8 Å². The normalized spacial score (nSPS) is 25.1. The number of rotatable bonds is 10. The highest BCUT2D eigenvalue weighted by atomic mass is 32.2. The van der Waals surface area contributed by atoms with E-state index >= 15 is 4.79 Å². The van der Waals surface area contributed by atoms with Crippen LogP contribution in [0, 0.1) is 25.2 Å². The minimum atomic E-state index is -1.52. The van der Waals surface area contributed by atoms with Crippen molar-refractivity contribution in [2.45, 2.75) is 146 Å². The van der Waals surface area contributed by atoms with E-state index in [1.165, 1.54) is 32.9 Å². The minimum Gasteiger partial charge on any atom is -0.504 e. The van der Waals surface area contributed by atoms with Crippen molar-refractivity contribution in [3.05, 3.63) is 62.7 Å². The lowest BCUT2D eigenvalue weighted by Crippen LogP contribution is -2.71. The molecule has 1 spiro atoms. The van der Waals surface area contributed by atoms with Crippen molar-refractivity contribution in [1.29, 1.82) is 5.26 Å². The van der Waals surface area contributed by atoms with Crippen molar-refractivity contribution >= 4 is 35.8 Å². The second-order valence-electron chi connectivity index (χ2n) is 19.9. The molecule has 7 atom stereocenters. The molecule has 2 saturated heterocycles. The van der Waals surface area contributed by atoms with Gasteiger partial charge in [0.25, 0.3) is 0 Å². The molecule has 7 aliphatic rings. The molecule has 70 heavy (non-hydrogen) atoms. The van der Waals surface area contributed by atoms with Gasteiger partial charge in [-0.25, -0.2) is 9.59 Å². The van der Waals surface area contributed by atoms with Gasteiger partial charge in [0.1, 0.15) is 24.0 Å². The number of aryl methyl sites for hydroxylation is 1. The highest BCUT2D eigenvalue weighted by Gasteiger charge is 2.64. The van der Waals surface area contributed by atoms with Crippen LogP contribution in [-0.2, 0) is 42.2 Å². The Labute approximate surface area is 412 Å². The fourth-order valence-corrected chi connectivity index (χ4v) is 13.3. The highest BCUT2D eigenvalue weighted by molar-refractivity contribution is 7.99. The summed E-state index contributed by atoms with van der Waals surface area (Å²) in [5, 5.41) is 26.6. The Morgan fingerprint density at radius 2 is 1.71 bits per heavy atom. The largest absolute Gasteiger partial charge is 0.504 e. The summed E-state index contributed by atoms with van der Waals surface area (Å²) in [6, 6.07) is 3.30. The maximum Gasteiger partial charge on any atom is 0.411 e. The molecule has 1 amide bonds. The first-order chi connectivity index (χ1) is 33.5. The standard InChI is InChI=1S/C52H62N4O13S/c1-10-11-12-13-14-15-37(58)68-36-20-29-16-17-54-52(31(29)21-35(36)62-8)24-70-48-40-39(47-46(65-25-66-47)27(3)45(40)67-28(4)57)34(23-64-49(52)60)55-33(22-53)32-19-30-18-26(2)44(63-9)43(59)38(30)41(42(48)55)56(32)50(61)69-51(5,6)7/h18,20-21,32-34,41-42,48,54,59H,10-17,19,23-25H2,1-9H3/t32-,33-,34-,41-,42?,48+,52+/m0/s1. The molecule has 3 aromatic rings. The zero-order chi connectivity index (χ0) is 50.0. The summed E-state index contributed by atoms with van der Waals surface area (Å²) in [4.78, 5) is 60.2. The van der Waals surface area contributed by atoms with Gasteiger partial charge in [-0.3, -0.25) is 24.7 Å². The monoisotopic (exact) mass is 982 g/mol. The summed E-state index contributed by atoms with van der Waals surface area (Å²) in [5.74, 6) is -0.0312. The van der Waals surface area contributed by atoms with Crippen LogP contribution in [0.2, 0.25) is 0 Å². The van der Waals surface area contributed by atoms with Gasteiger partial charge in [0.2, 0.25) is 6.79 Å². The van der Waals surface area contributed by atoms with Crippen molar-refractivity contribution in [3.8, 4) is 46.3 Å². The first-order valence-corrected chi connectivity index (χ1v) is 25.2. The number of esters is 3. The van der Waals surface area contributed by atoms with E-state index < -0.39 is 64.6 Å². The smallest absolute Gasteiger partial charge is 0.411 e. The van der Waals surface area contributed by atoms with Gasteiger partial charge in [0, 0.05) is 47.9 Å². The van der Waals surface area contributed by atoms with Crippen molar-refractivity contribution in [2.24, 2.45) is 0 Å². The molecule has 374 valence electrons. The molecular weight excluding hydrogens is 921 g/mol. The number of amides is 1. The van der Waals surface area contributed by atoms with E-state index in [4.69, 9.17) is 37.9 Å². The van der Waals surface area contributed by atoms with Gasteiger partial charge in [0.15, 0.2) is 40.0 Å². The zero-order valence-electron chi connectivity index (χ0n) is 41.3. The van der Waals surface area contributed by atoms with Crippen LogP contribution in [0.25, 0.3) is 0 Å². The number of fused-ring (bicyclic) bond motifs is 9. The fraction of sp³-hybridized carbons (Fsp3) is 0.558. The van der Waals surface area contributed by atoms with Crippen LogP contribution in [0.3, 0.4) is 0 Å². The first kappa shape index (κ1) is 49.1. The van der Waals surface area contributed by atoms with Crippen LogP contribution < -0.4 is 33.7 Å². The number of nitrogens with zero attached hydrogens (tertiary/aromatic N) is 3. The van der Waals surface area contributed by atoms with Crippen molar-refractivity contribution in [1.82, 2.24) is 15.1 Å². The Kier molecular flexibility index (Phi) is 13.3. The molecular formula is C52H62N4O13S. The molecule has 1 unspecified atom stereocenters. The number of unbranched alkanes of at least 4 members (excludes halogenated alkanes) is 4. The first-order valence-electron chi connectivity index (χ1n) is 24.2. The number of carbonyl (C=O) groups is 4. The van der Waals surface area contributed by atoms with Gasteiger partial charge in [-0.2, -0.15) is 5.26 Å². The van der Waals surface area contributed by atoms with E-state index in [9.17, 15) is 24.8 Å². The topological polar surface area (TPSA) is 205 Å². The summed E-state index contributed by atoms with van der Waals surface area (Å²) in [6.45, 7) is 12.3. The van der Waals surface area contributed by atoms with Gasteiger partial charge in [-0.1, -0.05) is 38.7 Å². The van der Waals surface area contributed by atoms with Gasteiger partial charge in [-0.05, 0) is 88.3 Å². The number of aromatic hydroxyl groups is 1. The lowest BCUT2D eigenvalue weighted by molar-refractivity contribution is -0.157. The molecule has 2 N–H and O–H groups in total. The third-order valence-corrected chi connectivity index (χ3v) is 15.9. The number of nitrogens with one attached hydrogen (secondary N) is 1. The number of phenolic OH excluding ortho intramolecular Hbond substituents is 1. The van der Waals surface area contributed by atoms with Crippen LogP contribution in [0.15, 0.2) is 18.2 Å². The molecule has 0 aromatic heterocycles. The van der Waals surface area contributed by atoms with Crippen LogP contribution >= 0.6 is 11.8 Å². The Bertz CT molecular complexity index is 2680. The minimum absolute atomic E-state index is 0.000854. The Balaban J connectivity index is 1.25. The van der Waals surface area contributed by atoms with E-state index in [-0.39, 0.29) is 66.7 Å². The van der Waals surface area contributed by atoms with E-state index in [0.29, 0.717) is 64.3 Å². The highest BCUT2D eigenvalue weighted by Crippen LogP contribution is 2.65. The summed E-state index contributed by atoms with van der Waals surface area (Å²) in [7, 11) is 2.95. The molecule has 0 saturated carbocycles. The van der Waals surface area contributed by atoms with E-state index in [2.05, 4.69) is 18.3 Å². The number of hydrogen-bond donors (Lipinski definition) is 2. The SMILES string of the molecule is CCCCCCCC(=O)Oc1cc2c(cc1OC)[C@@]1(CS[C@@H]3c4c(OC(C)=O)c(C)c5c(c4[C@H](COC1=O)N1C3[C@@H]3c4c(cc(C)c(OC)c4O)C[C@@H]([C@@H]1C#N)N3C(=O)OC(C)(C)C)OCO5)NCC2. The summed E-state index contributed by atoms with van der Waals surface area (Å²) < 4.78 is 48.9. The lowest BCUT2D eigenvalue weighted by atomic mass is 9.71. The molecule has 4 bridgehead atoms. The number of carbonyl (C=O) groups excluding carboxylic acids is 4. The third kappa shape index (κ3) is 8.20. The van der Waals surface area contributed by atoms with Crippen LogP contribution in [0.5, 0.6) is 40.2 Å². The van der Waals surface area contributed by atoms with Gasteiger partial charge in [0.05, 0.1) is 49.7 Å². The lowest BCUT2D eigenvalue weighted by Gasteiger charge is -2.62. The molecule has 3 aromatic carbocycles. The Morgan fingerprint density at radius 3 is 2.41 bits per heavy atom. The molecule has 7 heterocycles. The number of thioether (sulfide) groups is 1. The maximum atomic E-state index is 15.3. The number of benzene rings is 3. The summed E-state index contributed by atoms with van der Waals surface area (Å²) in [6.07, 6.45) is 5.11. The molecule has 0 radical (unpaired) electrons. The molecule has 0 aliphatic carbocycles. The summed E-state index contributed by atoms with van der Waals surface area (Å²) in [5.41, 5.74) is 2.25. The number of methoxy groups -OCH3 is 2. The number of hydrogen-bond acceptors (Lipinski definition) is 17. The molecule has 7 aliphatic heterocycles. The van der Waals surface area contributed by atoms with Crippen molar-refractivity contribution in [3.63, 3.8) is 0 Å². The number of nitriles is 1. The fourth-order valence-electron chi connectivity index (χ4n) is 11.6. The van der Waals surface area contributed by atoms with Crippen LogP contribution in [-0.4, -0.2) is 103 Å². The predicted octanol–water partition coefficient (Wildman–Crippen LogP) is 7.85. The van der Waals surface area contributed by atoms with Gasteiger partial charge >= 0.3 is 24.0 Å². The van der Waals surface area contributed by atoms with E-state index in [1.807, 2.05) is 17.9 Å². The Hall–Kier alpha value is -5.90. The number of piperazine rings is 1. The van der Waals surface area contributed by atoms with Crippen LogP contribution in [0.1, 0.15) is 135 Å². The number of ether oxygens (including phenoxy) is 8. The van der Waals surface area contributed by atoms with Gasteiger partial charge < -0.3 is 43.0 Å². The van der Waals surface area contributed by atoms with Crippen LogP contribution in [0.4, 0.5) is 4.79 Å². The quantitative estimate of drug-likeness (QED) is 0.113. The average Bonchev–Trinajstić information content (AvgIpc) is 3.80. The van der Waals surface area contributed by atoms with E-state index in [1.54, 1.807) is 44.7 Å². The maximum absolute atomic E-state index is 15.3. The zero-order valence-corrected chi connectivity index (χ0v) is 42.1. The average molecular weight is 983 g/mol. The predicted molar refractivity (Wildman–Crippen MR) is 256 cm³/mol. The van der Waals surface area contributed by atoms with Crippen molar-refractivity contribution in [2.75, 3.05) is 39.9 Å².